The van der Waals surface area contributed by atoms with Gasteiger partial charge in [0.1, 0.15) is 23.7 Å². The van der Waals surface area contributed by atoms with E-state index in [4.69, 9.17) is 19.9 Å². The first kappa shape index (κ1) is 17.2. The van der Waals surface area contributed by atoms with Crippen molar-refractivity contribution in [3.63, 3.8) is 0 Å². The van der Waals surface area contributed by atoms with E-state index in [1.165, 1.54) is 7.11 Å². The van der Waals surface area contributed by atoms with Crippen LogP contribution in [0.2, 0.25) is 0 Å². The Labute approximate surface area is 133 Å². The largest absolute Gasteiger partial charge is 0.507 e. The topological polar surface area (TPSA) is 109 Å². The number of nitrogens with zero attached hydrogens (tertiary/aromatic N) is 1. The lowest BCUT2D eigenvalue weighted by atomic mass is 9.95. The molecule has 0 bridgehead atoms. The van der Waals surface area contributed by atoms with Gasteiger partial charge in [-0.3, -0.25) is 10.4 Å². The molecule has 0 saturated carbocycles. The van der Waals surface area contributed by atoms with E-state index in [-0.39, 0.29) is 36.3 Å². The van der Waals surface area contributed by atoms with Crippen LogP contribution in [0.1, 0.15) is 34.0 Å². The number of fused-ring (bicyclic) bond motifs is 1. The average Bonchev–Trinajstić information content (AvgIpc) is 2.89. The van der Waals surface area contributed by atoms with Crippen molar-refractivity contribution in [2.75, 3.05) is 13.7 Å². The molecule has 3 N–H and O–H groups in total. The molecule has 1 heterocycles. The zero-order valence-corrected chi connectivity index (χ0v) is 13.1. The molecule has 0 amide bonds. The summed E-state index contributed by atoms with van der Waals surface area (Å²) >= 11 is 0. The molecule has 0 aliphatic carbocycles. The standard InChI is InChI=1S/C15H19NO7/c1-8(6-23-16(19)20)4-5-10-13(17)12-11(7-22-15(12)18)9(2)14(10)21-3/h4,17,19-20H,5-7H2,1-3H3/b8-4+. The van der Waals surface area contributed by atoms with Crippen molar-refractivity contribution in [2.24, 2.45) is 0 Å². The minimum atomic E-state index is -0.551. The molecule has 0 radical (unpaired) electrons. The van der Waals surface area contributed by atoms with Gasteiger partial charge in [-0.15, -0.1) is 0 Å². The van der Waals surface area contributed by atoms with Crippen LogP contribution in [0.15, 0.2) is 11.6 Å². The van der Waals surface area contributed by atoms with Gasteiger partial charge in [0.25, 0.3) is 0 Å². The van der Waals surface area contributed by atoms with Crippen LogP contribution in [0, 0.1) is 6.92 Å². The molecule has 0 unspecified atom stereocenters. The number of phenols is 1. The summed E-state index contributed by atoms with van der Waals surface area (Å²) in [6.45, 7) is 3.61. The fourth-order valence-corrected chi connectivity index (χ4v) is 2.52. The molecule has 1 aromatic rings. The van der Waals surface area contributed by atoms with Gasteiger partial charge >= 0.3 is 5.97 Å². The molecular formula is C15H19NO7. The van der Waals surface area contributed by atoms with E-state index in [9.17, 15) is 9.90 Å². The lowest BCUT2D eigenvalue weighted by Crippen LogP contribution is -2.15. The number of benzene rings is 1. The van der Waals surface area contributed by atoms with Crippen LogP contribution in [0.5, 0.6) is 11.5 Å². The Kier molecular flexibility index (Phi) is 5.22. The van der Waals surface area contributed by atoms with Gasteiger partial charge in [0.15, 0.2) is 0 Å². The van der Waals surface area contributed by atoms with Gasteiger partial charge in [-0.05, 0) is 31.4 Å². The van der Waals surface area contributed by atoms with Crippen LogP contribution in [-0.4, -0.2) is 40.6 Å². The summed E-state index contributed by atoms with van der Waals surface area (Å²) in [6, 6.07) is 0. The highest BCUT2D eigenvalue weighted by molar-refractivity contribution is 5.98. The SMILES string of the molecule is COc1c(C)c2c(c(O)c1C/C=C(\C)CON(O)O)C(=O)OC2. The molecule has 23 heavy (non-hydrogen) atoms. The van der Waals surface area contributed by atoms with Crippen molar-refractivity contribution in [3.05, 3.63) is 33.9 Å². The summed E-state index contributed by atoms with van der Waals surface area (Å²) in [5, 5.41) is 27.1. The Bertz CT molecular complexity index is 652. The molecule has 1 aliphatic rings. The van der Waals surface area contributed by atoms with Crippen LogP contribution in [0.25, 0.3) is 0 Å². The molecule has 0 spiro atoms. The number of carbonyl (C=O) groups is 1. The zero-order chi connectivity index (χ0) is 17.1. The molecule has 0 saturated heterocycles. The van der Waals surface area contributed by atoms with Crippen molar-refractivity contribution < 1.29 is 34.6 Å². The normalized spacial score (nSPS) is 14.2. The molecule has 0 atom stereocenters. The molecule has 1 aromatic carbocycles. The molecule has 2 rings (SSSR count). The number of allylic oxidation sites excluding steroid dienone is 1. The van der Waals surface area contributed by atoms with E-state index in [2.05, 4.69) is 4.84 Å². The lowest BCUT2D eigenvalue weighted by Gasteiger charge is -2.15. The number of methoxy groups -OCH3 is 1. The lowest BCUT2D eigenvalue weighted by molar-refractivity contribution is -0.489. The van der Waals surface area contributed by atoms with E-state index < -0.39 is 5.97 Å². The number of phenolic OH excluding ortho intramolecular Hbond substituents is 1. The van der Waals surface area contributed by atoms with E-state index >= 15 is 0 Å². The fourth-order valence-electron chi connectivity index (χ4n) is 2.52. The van der Waals surface area contributed by atoms with E-state index in [1.54, 1.807) is 19.9 Å². The quantitative estimate of drug-likeness (QED) is 0.413. The number of carbonyl (C=O) groups excluding carboxylic acids is 1. The Balaban J connectivity index is 2.35. The first-order chi connectivity index (χ1) is 10.9. The molecule has 8 heteroatoms. The Morgan fingerprint density at radius 1 is 1.43 bits per heavy atom. The highest BCUT2D eigenvalue weighted by atomic mass is 17.1. The van der Waals surface area contributed by atoms with E-state index in [1.807, 2.05) is 0 Å². The fraction of sp³-hybridized carbons (Fsp3) is 0.400. The maximum absolute atomic E-state index is 11.8. The van der Waals surface area contributed by atoms with Gasteiger partial charge in [0, 0.05) is 11.1 Å². The van der Waals surface area contributed by atoms with Gasteiger partial charge in [-0.1, -0.05) is 6.08 Å². The number of hydrogen-bond acceptors (Lipinski definition) is 8. The summed E-state index contributed by atoms with van der Waals surface area (Å²) in [7, 11) is 1.49. The van der Waals surface area contributed by atoms with Crippen molar-refractivity contribution in [2.45, 2.75) is 26.9 Å². The minimum absolute atomic E-state index is 0.0396. The van der Waals surface area contributed by atoms with Crippen LogP contribution in [-0.2, 0) is 22.6 Å². The Morgan fingerprint density at radius 2 is 2.13 bits per heavy atom. The van der Waals surface area contributed by atoms with Crippen LogP contribution < -0.4 is 4.74 Å². The predicted molar refractivity (Wildman–Crippen MR) is 77.3 cm³/mol. The van der Waals surface area contributed by atoms with Gasteiger partial charge < -0.3 is 14.6 Å². The molecule has 0 fully saturated rings. The first-order valence-electron chi connectivity index (χ1n) is 6.91. The monoisotopic (exact) mass is 325 g/mol. The van der Waals surface area contributed by atoms with Gasteiger partial charge in [0.05, 0.1) is 19.1 Å². The van der Waals surface area contributed by atoms with E-state index in [0.717, 1.165) is 5.56 Å². The van der Waals surface area contributed by atoms with Crippen molar-refractivity contribution >= 4 is 5.97 Å². The molecule has 1 aliphatic heterocycles. The van der Waals surface area contributed by atoms with Gasteiger partial charge in [-0.2, -0.15) is 0 Å². The smallest absolute Gasteiger partial charge is 0.342 e. The maximum Gasteiger partial charge on any atom is 0.342 e. The Morgan fingerprint density at radius 3 is 2.74 bits per heavy atom. The van der Waals surface area contributed by atoms with Crippen molar-refractivity contribution in [3.8, 4) is 11.5 Å². The van der Waals surface area contributed by atoms with Crippen LogP contribution in [0.3, 0.4) is 0 Å². The first-order valence-corrected chi connectivity index (χ1v) is 6.91. The number of aromatic hydroxyl groups is 1. The third-order valence-corrected chi connectivity index (χ3v) is 3.71. The molecular weight excluding hydrogens is 306 g/mol. The number of hydrogen-bond donors (Lipinski definition) is 3. The van der Waals surface area contributed by atoms with Crippen molar-refractivity contribution in [1.82, 2.24) is 5.39 Å². The number of esters is 1. The van der Waals surface area contributed by atoms with E-state index in [0.29, 0.717) is 22.4 Å². The van der Waals surface area contributed by atoms with Crippen LogP contribution >= 0.6 is 0 Å². The summed E-state index contributed by atoms with van der Waals surface area (Å²) in [6.07, 6.45) is 2.01. The second-order valence-electron chi connectivity index (χ2n) is 5.20. The molecule has 126 valence electrons. The third kappa shape index (κ3) is 3.45. The highest BCUT2D eigenvalue weighted by Crippen LogP contribution is 2.41. The average molecular weight is 325 g/mol. The maximum atomic E-state index is 11.8. The van der Waals surface area contributed by atoms with Crippen LogP contribution in [0.4, 0.5) is 0 Å². The highest BCUT2D eigenvalue weighted by Gasteiger charge is 2.31. The summed E-state index contributed by atoms with van der Waals surface area (Å²) in [5.74, 6) is -0.207. The second-order valence-corrected chi connectivity index (χ2v) is 5.20. The Hall–Kier alpha value is -2.13. The van der Waals surface area contributed by atoms with Gasteiger partial charge in [0.2, 0.25) is 0 Å². The number of ether oxygens (including phenoxy) is 2. The molecule has 0 aromatic heterocycles. The molecule has 8 nitrogen and oxygen atoms in total. The summed E-state index contributed by atoms with van der Waals surface area (Å²) in [4.78, 5) is 16.3. The minimum Gasteiger partial charge on any atom is -0.507 e. The summed E-state index contributed by atoms with van der Waals surface area (Å²) < 4.78 is 10.4. The zero-order valence-electron chi connectivity index (χ0n) is 13.1. The summed E-state index contributed by atoms with van der Waals surface area (Å²) in [5.41, 5.74) is 2.72. The van der Waals surface area contributed by atoms with Gasteiger partial charge in [-0.25, -0.2) is 9.63 Å². The number of cyclic esters (lactones) is 1. The number of rotatable bonds is 6. The van der Waals surface area contributed by atoms with Crippen molar-refractivity contribution in [1.29, 1.82) is 0 Å². The predicted octanol–water partition coefficient (Wildman–Crippen LogP) is 1.88. The third-order valence-electron chi connectivity index (χ3n) is 3.71. The second kappa shape index (κ2) is 6.97.